The maximum atomic E-state index is 10.9. The molecule has 66 valence electrons. The van der Waals surface area contributed by atoms with E-state index in [1.54, 1.807) is 0 Å². The van der Waals surface area contributed by atoms with Gasteiger partial charge in [0.2, 0.25) is 0 Å². The Kier molecular flexibility index (Phi) is 1.51. The highest BCUT2D eigenvalue weighted by molar-refractivity contribution is 5.91. The summed E-state index contributed by atoms with van der Waals surface area (Å²) in [6.45, 7) is 0. The number of aromatic nitrogens is 6. The molecule has 0 aromatic carbocycles. The number of hydrogen-bond donors (Lipinski definition) is 2. The Morgan fingerprint density at radius 3 is 3.08 bits per heavy atom. The molecule has 0 aliphatic carbocycles. The Hall–Kier alpha value is -2.25. The normalized spacial score (nSPS) is 10.2. The molecule has 0 spiro atoms. The van der Waals surface area contributed by atoms with Gasteiger partial charge in [-0.2, -0.15) is 5.21 Å². The van der Waals surface area contributed by atoms with E-state index in [9.17, 15) is 4.79 Å². The summed E-state index contributed by atoms with van der Waals surface area (Å²) in [6.07, 6.45) is 2.71. The number of primary amides is 1. The van der Waals surface area contributed by atoms with Crippen molar-refractivity contribution in [1.82, 2.24) is 30.2 Å². The van der Waals surface area contributed by atoms with E-state index >= 15 is 0 Å². The molecule has 2 aromatic rings. The number of amides is 1. The van der Waals surface area contributed by atoms with Crippen LogP contribution >= 0.6 is 0 Å². The van der Waals surface area contributed by atoms with Crippen molar-refractivity contribution in [2.75, 3.05) is 0 Å². The van der Waals surface area contributed by atoms with E-state index in [0.717, 1.165) is 0 Å². The molecule has 1 amide bonds. The second kappa shape index (κ2) is 2.66. The van der Waals surface area contributed by atoms with Gasteiger partial charge in [-0.3, -0.25) is 9.36 Å². The molecule has 2 rings (SSSR count). The fourth-order valence-electron chi connectivity index (χ4n) is 0.895. The number of nitrogens with two attached hydrogens (primary N) is 1. The molecule has 0 unspecified atom stereocenters. The van der Waals surface area contributed by atoms with Crippen molar-refractivity contribution in [3.63, 3.8) is 0 Å². The van der Waals surface area contributed by atoms with Gasteiger partial charge in [-0.15, -0.1) is 5.10 Å². The van der Waals surface area contributed by atoms with Gasteiger partial charge in [0.15, 0.2) is 0 Å². The molecular weight excluding hydrogens is 174 g/mol. The fraction of sp³-hybridized carbons (Fsp3) is 0. The molecule has 0 radical (unpaired) electrons. The Bertz CT molecular complexity index is 416. The summed E-state index contributed by atoms with van der Waals surface area (Å²) in [5.74, 6) is -0.367. The highest BCUT2D eigenvalue weighted by Crippen LogP contribution is 2.02. The lowest BCUT2D eigenvalue weighted by Crippen LogP contribution is -2.16. The van der Waals surface area contributed by atoms with Crippen molar-refractivity contribution in [3.05, 3.63) is 18.2 Å². The van der Waals surface area contributed by atoms with Crippen LogP contribution in [0.3, 0.4) is 0 Å². The van der Waals surface area contributed by atoms with Gasteiger partial charge in [0.25, 0.3) is 11.9 Å². The number of nitrogens with one attached hydrogen (secondary N) is 1. The van der Waals surface area contributed by atoms with Crippen LogP contribution in [0, 0.1) is 0 Å². The van der Waals surface area contributed by atoms with Crippen molar-refractivity contribution < 1.29 is 4.79 Å². The summed E-state index contributed by atoms with van der Waals surface area (Å²) in [7, 11) is 0. The van der Waals surface area contributed by atoms with E-state index in [-0.39, 0.29) is 11.6 Å². The minimum Gasteiger partial charge on any atom is -0.364 e. The number of hydrogen-bond acceptors (Lipinski definition) is 5. The largest absolute Gasteiger partial charge is 0.364 e. The fourth-order valence-corrected chi connectivity index (χ4v) is 0.895. The number of rotatable bonds is 2. The molecule has 0 saturated heterocycles. The van der Waals surface area contributed by atoms with Crippen molar-refractivity contribution in [3.8, 4) is 5.95 Å². The summed E-state index contributed by atoms with van der Waals surface area (Å²) in [5.41, 5.74) is 5.29. The number of H-pyrrole nitrogens is 1. The highest BCUT2D eigenvalue weighted by Gasteiger charge is 2.11. The lowest BCUT2D eigenvalue weighted by Gasteiger charge is -1.96. The average Bonchev–Trinajstić information content (AvgIpc) is 2.74. The van der Waals surface area contributed by atoms with Crippen LogP contribution < -0.4 is 5.73 Å². The van der Waals surface area contributed by atoms with Crippen molar-refractivity contribution in [2.45, 2.75) is 0 Å². The standard InChI is InChI=1S/C5H5N7O/c6-4(13)3-1-7-2-12(3)5-8-10-11-9-5/h1-2H,(H2,6,13)(H,8,9,10,11). The molecule has 8 heteroatoms. The third-order valence-corrected chi connectivity index (χ3v) is 1.44. The molecule has 13 heavy (non-hydrogen) atoms. The zero-order valence-corrected chi connectivity index (χ0v) is 6.38. The van der Waals surface area contributed by atoms with Gasteiger partial charge in [0.05, 0.1) is 6.20 Å². The topological polar surface area (TPSA) is 115 Å². The minimum absolute atomic E-state index is 0.210. The van der Waals surface area contributed by atoms with E-state index in [0.29, 0.717) is 0 Å². The quantitative estimate of drug-likeness (QED) is 0.581. The zero-order valence-electron chi connectivity index (χ0n) is 6.38. The van der Waals surface area contributed by atoms with Crippen LogP contribution in [-0.4, -0.2) is 36.1 Å². The van der Waals surface area contributed by atoms with Crippen LogP contribution in [0.25, 0.3) is 5.95 Å². The second-order valence-corrected chi connectivity index (χ2v) is 2.22. The molecule has 0 aliphatic rings. The SMILES string of the molecule is NC(=O)c1cncn1-c1nn[nH]n1. The molecule has 0 fully saturated rings. The van der Waals surface area contributed by atoms with Crippen LogP contribution in [0.5, 0.6) is 0 Å². The van der Waals surface area contributed by atoms with Gasteiger partial charge in [-0.1, -0.05) is 5.10 Å². The lowest BCUT2D eigenvalue weighted by molar-refractivity contribution is 0.0993. The van der Waals surface area contributed by atoms with Gasteiger partial charge in [0.1, 0.15) is 12.0 Å². The minimum atomic E-state index is -0.595. The third-order valence-electron chi connectivity index (χ3n) is 1.44. The first-order valence-electron chi connectivity index (χ1n) is 3.35. The van der Waals surface area contributed by atoms with Crippen LogP contribution in [0.4, 0.5) is 0 Å². The molecular formula is C5H5N7O. The number of nitrogens with zero attached hydrogens (tertiary/aromatic N) is 5. The highest BCUT2D eigenvalue weighted by atomic mass is 16.1. The first-order valence-corrected chi connectivity index (χ1v) is 3.35. The molecule has 0 bridgehead atoms. The Morgan fingerprint density at radius 1 is 1.62 bits per heavy atom. The summed E-state index contributed by atoms with van der Waals surface area (Å²) in [5, 5.41) is 12.9. The number of carbonyl (C=O) groups is 1. The van der Waals surface area contributed by atoms with Gasteiger partial charge in [-0.05, 0) is 5.21 Å². The summed E-state index contributed by atoms with van der Waals surface area (Å²) in [6, 6.07) is 0. The van der Waals surface area contributed by atoms with E-state index in [1.807, 2.05) is 0 Å². The Labute approximate surface area is 71.8 Å². The van der Waals surface area contributed by atoms with E-state index in [2.05, 4.69) is 25.6 Å². The molecule has 3 N–H and O–H groups in total. The molecule has 2 aromatic heterocycles. The molecule has 8 nitrogen and oxygen atoms in total. The maximum absolute atomic E-state index is 10.9. The molecule has 0 aliphatic heterocycles. The predicted octanol–water partition coefficient (Wildman–Crippen LogP) is -1.52. The van der Waals surface area contributed by atoms with Crippen LogP contribution in [-0.2, 0) is 0 Å². The Morgan fingerprint density at radius 2 is 2.46 bits per heavy atom. The zero-order chi connectivity index (χ0) is 9.26. The number of carbonyl (C=O) groups excluding carboxylic acids is 1. The van der Waals surface area contributed by atoms with E-state index in [1.165, 1.54) is 17.1 Å². The number of aromatic amines is 1. The second-order valence-electron chi connectivity index (χ2n) is 2.22. The van der Waals surface area contributed by atoms with Crippen molar-refractivity contribution in [1.29, 1.82) is 0 Å². The van der Waals surface area contributed by atoms with Gasteiger partial charge >= 0.3 is 0 Å². The maximum Gasteiger partial charge on any atom is 0.275 e. The smallest absolute Gasteiger partial charge is 0.275 e. The Balaban J connectivity index is 2.52. The van der Waals surface area contributed by atoms with Gasteiger partial charge < -0.3 is 5.73 Å². The van der Waals surface area contributed by atoms with Crippen molar-refractivity contribution >= 4 is 5.91 Å². The number of tetrazole rings is 1. The van der Waals surface area contributed by atoms with Crippen LogP contribution in [0.15, 0.2) is 12.5 Å². The molecule has 2 heterocycles. The van der Waals surface area contributed by atoms with Gasteiger partial charge in [-0.25, -0.2) is 4.98 Å². The summed E-state index contributed by atoms with van der Waals surface area (Å²) >= 11 is 0. The summed E-state index contributed by atoms with van der Waals surface area (Å²) < 4.78 is 1.34. The lowest BCUT2D eigenvalue weighted by atomic mass is 10.4. The van der Waals surface area contributed by atoms with Crippen molar-refractivity contribution in [2.24, 2.45) is 5.73 Å². The number of imidazole rings is 1. The molecule has 0 saturated carbocycles. The molecule has 0 atom stereocenters. The average molecular weight is 179 g/mol. The third kappa shape index (κ3) is 1.13. The predicted molar refractivity (Wildman–Crippen MR) is 39.8 cm³/mol. The van der Waals surface area contributed by atoms with Gasteiger partial charge in [0, 0.05) is 0 Å². The summed E-state index contributed by atoms with van der Waals surface area (Å²) in [4.78, 5) is 14.6. The first-order chi connectivity index (χ1) is 6.29. The monoisotopic (exact) mass is 179 g/mol. The van der Waals surface area contributed by atoms with Crippen LogP contribution in [0.2, 0.25) is 0 Å². The van der Waals surface area contributed by atoms with E-state index in [4.69, 9.17) is 5.73 Å². The first kappa shape index (κ1) is 7.40. The van der Waals surface area contributed by atoms with Crippen LogP contribution in [0.1, 0.15) is 10.5 Å². The van der Waals surface area contributed by atoms with E-state index < -0.39 is 5.91 Å².